The van der Waals surface area contributed by atoms with E-state index in [1.165, 1.54) is 6.07 Å². The van der Waals surface area contributed by atoms with E-state index >= 15 is 0 Å². The molecule has 0 radical (unpaired) electrons. The fourth-order valence-electron chi connectivity index (χ4n) is 1.79. The molecule has 9 heteroatoms. The van der Waals surface area contributed by atoms with Crippen molar-refractivity contribution in [3.05, 3.63) is 21.4 Å². The van der Waals surface area contributed by atoms with Crippen LogP contribution < -0.4 is 14.4 Å². The van der Waals surface area contributed by atoms with Gasteiger partial charge in [0.05, 0.1) is 23.3 Å². The molecule has 0 aliphatic carbocycles. The smallest absolute Gasteiger partial charge is 0.372 e. The van der Waals surface area contributed by atoms with Crippen molar-refractivity contribution in [2.75, 3.05) is 13.2 Å². The van der Waals surface area contributed by atoms with E-state index in [4.69, 9.17) is 9.47 Å². The number of ether oxygens (including phenoxy) is 2. The summed E-state index contributed by atoms with van der Waals surface area (Å²) < 4.78 is 15.0. The van der Waals surface area contributed by atoms with Gasteiger partial charge in [0.1, 0.15) is 0 Å². The number of nitro benzene ring substituents is 1. The summed E-state index contributed by atoms with van der Waals surface area (Å²) in [5.74, 6) is 0.137. The van der Waals surface area contributed by atoms with Crippen LogP contribution in [0, 0.1) is 15.3 Å². The second-order valence-electron chi connectivity index (χ2n) is 3.66. The molecule has 0 N–H and O–H groups in total. The van der Waals surface area contributed by atoms with Crippen LogP contribution in [0.2, 0.25) is 0 Å². The topological polar surface area (TPSA) is 115 Å². The van der Waals surface area contributed by atoms with Gasteiger partial charge in [-0.3, -0.25) is 14.7 Å². The van der Waals surface area contributed by atoms with Crippen molar-refractivity contribution in [3.8, 4) is 11.5 Å². The van der Waals surface area contributed by atoms with Crippen LogP contribution in [0.25, 0.3) is 11.0 Å². The molecule has 0 saturated heterocycles. The van der Waals surface area contributed by atoms with Crippen molar-refractivity contribution in [1.29, 1.82) is 0 Å². The maximum Gasteiger partial charge on any atom is 0.372 e. The average Bonchev–Trinajstić information content (AvgIpc) is 2.58. The molecule has 0 saturated carbocycles. The molecular formula is C9H7N3O6. The Morgan fingerprint density at radius 2 is 2.17 bits per heavy atom. The van der Waals surface area contributed by atoms with E-state index in [0.29, 0.717) is 19.6 Å². The molecule has 1 aromatic carbocycles. The van der Waals surface area contributed by atoms with Gasteiger partial charge in [-0.05, 0) is 4.90 Å². The summed E-state index contributed by atoms with van der Waals surface area (Å²) in [6.45, 7) is 0.661. The number of rotatable bonds is 1. The molecule has 2 heterocycles. The molecule has 3 rings (SSSR count). The average molecular weight is 253 g/mol. The van der Waals surface area contributed by atoms with Crippen molar-refractivity contribution in [3.63, 3.8) is 0 Å². The molecule has 1 aliphatic heterocycles. The van der Waals surface area contributed by atoms with Gasteiger partial charge in [-0.2, -0.15) is 0 Å². The number of nitrogens with zero attached hydrogens (tertiary/aromatic N) is 3. The zero-order valence-corrected chi connectivity index (χ0v) is 8.99. The van der Waals surface area contributed by atoms with Crippen molar-refractivity contribution in [2.45, 2.75) is 6.42 Å². The van der Waals surface area contributed by atoms with Crippen molar-refractivity contribution in [1.82, 2.24) is 5.16 Å². The molecule has 1 aromatic heterocycles. The molecule has 0 amide bonds. The molecule has 9 nitrogen and oxygen atoms in total. The maximum absolute atomic E-state index is 11.3. The first-order chi connectivity index (χ1) is 8.68. The summed E-state index contributed by atoms with van der Waals surface area (Å²) in [5, 5.41) is 25.8. The summed E-state index contributed by atoms with van der Waals surface area (Å²) in [4.78, 5) is 10.5. The minimum atomic E-state index is -0.668. The van der Waals surface area contributed by atoms with Crippen LogP contribution in [0.5, 0.6) is 11.5 Å². The molecular weight excluding hydrogens is 246 g/mol. The Morgan fingerprint density at radius 1 is 1.39 bits per heavy atom. The van der Waals surface area contributed by atoms with Gasteiger partial charge >= 0.3 is 11.2 Å². The quantitative estimate of drug-likeness (QED) is 0.413. The lowest BCUT2D eigenvalue weighted by Gasteiger charge is -2.05. The second-order valence-corrected chi connectivity index (χ2v) is 3.66. The second kappa shape index (κ2) is 3.72. The normalized spacial score (nSPS) is 14.4. The van der Waals surface area contributed by atoms with Gasteiger partial charge in [0.15, 0.2) is 5.75 Å². The minimum absolute atomic E-state index is 0.0149. The summed E-state index contributed by atoms with van der Waals surface area (Å²) >= 11 is 0. The van der Waals surface area contributed by atoms with Crippen LogP contribution in [-0.4, -0.2) is 23.3 Å². The number of fused-ring (bicyclic) bond motifs is 2. The molecule has 0 atom stereocenters. The highest BCUT2D eigenvalue weighted by Crippen LogP contribution is 2.42. The summed E-state index contributed by atoms with van der Waals surface area (Å²) in [6, 6.07) is 1.33. The standard InChI is InChI=1S/C9H7N3O6/c13-11(14)8-7-5(12(15)18-10-7)4-6-9(8)17-3-1-2-16-6/h4H,1-3H2. The van der Waals surface area contributed by atoms with Gasteiger partial charge < -0.3 is 14.7 Å². The number of benzene rings is 1. The zero-order chi connectivity index (χ0) is 12.7. The van der Waals surface area contributed by atoms with E-state index in [0.717, 1.165) is 0 Å². The molecule has 18 heavy (non-hydrogen) atoms. The molecule has 0 fully saturated rings. The van der Waals surface area contributed by atoms with Crippen LogP contribution in [-0.2, 0) is 0 Å². The summed E-state index contributed by atoms with van der Waals surface area (Å²) in [7, 11) is 0. The molecule has 0 unspecified atom stereocenters. The molecule has 0 bridgehead atoms. The Kier molecular flexibility index (Phi) is 2.18. The lowest BCUT2D eigenvalue weighted by Crippen LogP contribution is -2.22. The van der Waals surface area contributed by atoms with Gasteiger partial charge in [-0.15, -0.1) is 0 Å². The van der Waals surface area contributed by atoms with Gasteiger partial charge in [0, 0.05) is 12.5 Å². The predicted molar refractivity (Wildman–Crippen MR) is 55.2 cm³/mol. The van der Waals surface area contributed by atoms with Crippen LogP contribution in [0.3, 0.4) is 0 Å². The lowest BCUT2D eigenvalue weighted by molar-refractivity contribution is -0.782. The molecule has 1 aliphatic rings. The SMILES string of the molecule is O=[N+]([O-])c1c2c(cc3c1no[n+]3[O-])OCCCO2. The molecule has 0 spiro atoms. The van der Waals surface area contributed by atoms with E-state index in [1.54, 1.807) is 0 Å². The Bertz CT molecular complexity index is 637. The fourth-order valence-corrected chi connectivity index (χ4v) is 1.79. The minimum Gasteiger partial charge on any atom is -0.489 e. The van der Waals surface area contributed by atoms with Crippen LogP contribution in [0.15, 0.2) is 10.7 Å². The first kappa shape index (κ1) is 10.6. The molecule has 94 valence electrons. The molecule has 2 aromatic rings. The zero-order valence-electron chi connectivity index (χ0n) is 8.99. The Balaban J connectivity index is 2.37. The van der Waals surface area contributed by atoms with Gasteiger partial charge in [-0.25, -0.2) is 0 Å². The summed E-state index contributed by atoms with van der Waals surface area (Å²) in [5.41, 5.74) is -0.632. The third-order valence-corrected chi connectivity index (χ3v) is 2.55. The first-order valence-corrected chi connectivity index (χ1v) is 5.15. The maximum atomic E-state index is 11.3. The van der Waals surface area contributed by atoms with E-state index < -0.39 is 10.6 Å². The highest BCUT2D eigenvalue weighted by atomic mass is 16.8. The highest BCUT2D eigenvalue weighted by molar-refractivity contribution is 5.88. The monoisotopic (exact) mass is 253 g/mol. The Morgan fingerprint density at radius 3 is 2.94 bits per heavy atom. The van der Waals surface area contributed by atoms with Crippen LogP contribution >= 0.6 is 0 Å². The van der Waals surface area contributed by atoms with E-state index in [9.17, 15) is 15.3 Å². The third kappa shape index (κ3) is 1.40. The Labute approximate surface area is 99.2 Å². The van der Waals surface area contributed by atoms with Crippen molar-refractivity contribution >= 4 is 16.7 Å². The van der Waals surface area contributed by atoms with E-state index in [1.807, 2.05) is 0 Å². The van der Waals surface area contributed by atoms with Gasteiger partial charge in [0.2, 0.25) is 11.3 Å². The fraction of sp³-hybridized carbons (Fsp3) is 0.333. The van der Waals surface area contributed by atoms with Crippen LogP contribution in [0.1, 0.15) is 6.42 Å². The lowest BCUT2D eigenvalue weighted by atomic mass is 10.2. The Hall–Kier alpha value is -2.58. The highest BCUT2D eigenvalue weighted by Gasteiger charge is 2.33. The number of hydrogen-bond acceptors (Lipinski definition) is 7. The number of hydrogen-bond donors (Lipinski definition) is 0. The van der Waals surface area contributed by atoms with Crippen LogP contribution in [0.4, 0.5) is 5.69 Å². The number of aromatic nitrogens is 2. The predicted octanol–water partition coefficient (Wildman–Crippen LogP) is 0.531. The van der Waals surface area contributed by atoms with Gasteiger partial charge in [0.25, 0.3) is 0 Å². The van der Waals surface area contributed by atoms with Crippen molar-refractivity contribution in [2.24, 2.45) is 0 Å². The summed E-state index contributed by atoms with van der Waals surface area (Å²) in [6.07, 6.45) is 0.602. The van der Waals surface area contributed by atoms with E-state index in [2.05, 4.69) is 9.79 Å². The van der Waals surface area contributed by atoms with E-state index in [-0.39, 0.29) is 27.4 Å². The largest absolute Gasteiger partial charge is 0.489 e. The first-order valence-electron chi connectivity index (χ1n) is 5.15. The van der Waals surface area contributed by atoms with Crippen molar-refractivity contribution < 1.29 is 23.9 Å². The third-order valence-electron chi connectivity index (χ3n) is 2.55. The number of nitro groups is 1. The van der Waals surface area contributed by atoms with Gasteiger partial charge in [-0.1, -0.05) is 0 Å².